The number of ether oxygens (including phenoxy) is 1. The number of aromatic nitrogens is 2. The molecule has 1 heterocycles. The van der Waals surface area contributed by atoms with Crippen LogP contribution in [0, 0.1) is 13.8 Å². The molecule has 3 N–H and O–H groups in total. The molecule has 1 rings (SSSR count). The fourth-order valence-electron chi connectivity index (χ4n) is 1.26. The summed E-state index contributed by atoms with van der Waals surface area (Å²) in [5.41, 5.74) is 4.49. The van der Waals surface area contributed by atoms with Crippen molar-refractivity contribution in [1.82, 2.24) is 9.97 Å². The van der Waals surface area contributed by atoms with Gasteiger partial charge < -0.3 is 10.2 Å². The predicted octanol–water partition coefficient (Wildman–Crippen LogP) is 0.956. The van der Waals surface area contributed by atoms with Crippen molar-refractivity contribution in [3.63, 3.8) is 0 Å². The Kier molecular flexibility index (Phi) is 3.99. The Morgan fingerprint density at radius 2 is 2.07 bits per heavy atom. The molecule has 5 nitrogen and oxygen atoms in total. The molecule has 1 unspecified atom stereocenters. The third-order valence-electron chi connectivity index (χ3n) is 2.44. The third kappa shape index (κ3) is 2.87. The highest BCUT2D eigenvalue weighted by molar-refractivity contribution is 5.44. The first-order valence-corrected chi connectivity index (χ1v) is 4.92. The summed E-state index contributed by atoms with van der Waals surface area (Å²) < 4.78 is 5.17. The first kappa shape index (κ1) is 11.9. The van der Waals surface area contributed by atoms with Gasteiger partial charge in [-0.1, -0.05) is 0 Å². The van der Waals surface area contributed by atoms with Crippen LogP contribution in [0.1, 0.15) is 24.0 Å². The molecule has 0 radical (unpaired) electrons. The zero-order valence-corrected chi connectivity index (χ0v) is 9.66. The lowest BCUT2D eigenvalue weighted by molar-refractivity contribution is 0.117. The Labute approximate surface area is 90.0 Å². The van der Waals surface area contributed by atoms with Gasteiger partial charge in [0.05, 0.1) is 6.10 Å². The Balaban J connectivity index is 2.95. The number of hydrogen-bond acceptors (Lipinski definition) is 5. The van der Waals surface area contributed by atoms with Crippen molar-refractivity contribution in [2.45, 2.75) is 33.3 Å². The van der Waals surface area contributed by atoms with E-state index >= 15 is 0 Å². The van der Waals surface area contributed by atoms with Crippen molar-refractivity contribution in [3.8, 4) is 0 Å². The molecular formula is C10H18N4O. The van der Waals surface area contributed by atoms with Gasteiger partial charge in [0.15, 0.2) is 0 Å². The molecule has 0 aromatic carbocycles. The van der Waals surface area contributed by atoms with Gasteiger partial charge in [-0.3, -0.25) is 0 Å². The first-order valence-electron chi connectivity index (χ1n) is 4.92. The van der Waals surface area contributed by atoms with E-state index in [9.17, 15) is 0 Å². The number of methoxy groups -OCH3 is 1. The second kappa shape index (κ2) is 5.04. The SMILES string of the molecule is COC(C)Cc1nc(C)c(C)c(NN)n1. The Hall–Kier alpha value is -1.20. The van der Waals surface area contributed by atoms with Crippen LogP contribution in [0.3, 0.4) is 0 Å². The van der Waals surface area contributed by atoms with Gasteiger partial charge >= 0.3 is 0 Å². The van der Waals surface area contributed by atoms with Crippen LogP contribution in [0.25, 0.3) is 0 Å². The van der Waals surface area contributed by atoms with Crippen LogP contribution in [0.15, 0.2) is 0 Å². The van der Waals surface area contributed by atoms with Crippen LogP contribution in [0.5, 0.6) is 0 Å². The summed E-state index contributed by atoms with van der Waals surface area (Å²) in [6.45, 7) is 5.86. The van der Waals surface area contributed by atoms with E-state index in [1.54, 1.807) is 7.11 Å². The molecule has 1 atom stereocenters. The molecule has 1 aromatic heterocycles. The average molecular weight is 210 g/mol. The van der Waals surface area contributed by atoms with Gasteiger partial charge in [0.2, 0.25) is 0 Å². The molecule has 0 saturated heterocycles. The molecule has 0 bridgehead atoms. The van der Waals surface area contributed by atoms with Crippen molar-refractivity contribution >= 4 is 5.82 Å². The monoisotopic (exact) mass is 210 g/mol. The van der Waals surface area contributed by atoms with E-state index in [1.807, 2.05) is 20.8 Å². The Morgan fingerprint density at radius 3 is 2.60 bits per heavy atom. The number of rotatable bonds is 4. The summed E-state index contributed by atoms with van der Waals surface area (Å²) in [4.78, 5) is 8.69. The van der Waals surface area contributed by atoms with Crippen molar-refractivity contribution < 1.29 is 4.74 Å². The lowest BCUT2D eigenvalue weighted by Gasteiger charge is -2.12. The number of nitrogens with two attached hydrogens (primary N) is 1. The van der Waals surface area contributed by atoms with E-state index in [4.69, 9.17) is 10.6 Å². The zero-order valence-electron chi connectivity index (χ0n) is 9.66. The minimum atomic E-state index is 0.109. The molecule has 15 heavy (non-hydrogen) atoms. The average Bonchev–Trinajstić information content (AvgIpc) is 2.22. The molecule has 0 aliphatic rings. The van der Waals surface area contributed by atoms with Crippen molar-refractivity contribution in [3.05, 3.63) is 17.1 Å². The Morgan fingerprint density at radius 1 is 1.40 bits per heavy atom. The fraction of sp³-hybridized carbons (Fsp3) is 0.600. The van der Waals surface area contributed by atoms with E-state index < -0.39 is 0 Å². The number of anilines is 1. The highest BCUT2D eigenvalue weighted by atomic mass is 16.5. The highest BCUT2D eigenvalue weighted by Crippen LogP contribution is 2.14. The molecule has 1 aromatic rings. The molecule has 0 amide bonds. The van der Waals surface area contributed by atoms with Gasteiger partial charge in [-0.25, -0.2) is 15.8 Å². The lowest BCUT2D eigenvalue weighted by atomic mass is 10.2. The van der Waals surface area contributed by atoms with E-state index in [0.29, 0.717) is 12.2 Å². The molecule has 0 spiro atoms. The van der Waals surface area contributed by atoms with Crippen LogP contribution in [0.2, 0.25) is 0 Å². The third-order valence-corrected chi connectivity index (χ3v) is 2.44. The van der Waals surface area contributed by atoms with Crippen LogP contribution >= 0.6 is 0 Å². The Bertz CT molecular complexity index is 340. The number of aryl methyl sites for hydroxylation is 1. The van der Waals surface area contributed by atoms with E-state index in [2.05, 4.69) is 15.4 Å². The maximum absolute atomic E-state index is 5.38. The second-order valence-electron chi connectivity index (χ2n) is 3.59. The lowest BCUT2D eigenvalue weighted by Crippen LogP contribution is -2.16. The van der Waals surface area contributed by atoms with Crippen molar-refractivity contribution in [1.29, 1.82) is 0 Å². The molecular weight excluding hydrogens is 192 g/mol. The molecule has 0 aliphatic carbocycles. The molecule has 5 heteroatoms. The minimum Gasteiger partial charge on any atom is -0.381 e. The minimum absolute atomic E-state index is 0.109. The van der Waals surface area contributed by atoms with Gasteiger partial charge in [-0.2, -0.15) is 0 Å². The topological polar surface area (TPSA) is 73.1 Å². The number of nitrogen functional groups attached to an aromatic ring is 1. The van der Waals surface area contributed by atoms with Gasteiger partial charge in [-0.15, -0.1) is 0 Å². The molecule has 84 valence electrons. The van der Waals surface area contributed by atoms with Gasteiger partial charge in [0.25, 0.3) is 0 Å². The summed E-state index contributed by atoms with van der Waals surface area (Å²) in [7, 11) is 1.67. The van der Waals surface area contributed by atoms with Crippen LogP contribution in [0.4, 0.5) is 5.82 Å². The normalized spacial score (nSPS) is 12.6. The summed E-state index contributed by atoms with van der Waals surface area (Å²) in [6, 6.07) is 0. The maximum atomic E-state index is 5.38. The fourth-order valence-corrected chi connectivity index (χ4v) is 1.26. The van der Waals surface area contributed by atoms with E-state index in [0.717, 1.165) is 17.1 Å². The molecule has 0 saturated carbocycles. The van der Waals surface area contributed by atoms with Gasteiger partial charge in [0.1, 0.15) is 11.6 Å². The molecule has 0 fully saturated rings. The number of hydrogen-bond donors (Lipinski definition) is 2. The maximum Gasteiger partial charge on any atom is 0.146 e. The van der Waals surface area contributed by atoms with Gasteiger partial charge in [0, 0.05) is 24.8 Å². The van der Waals surface area contributed by atoms with Crippen LogP contribution in [-0.4, -0.2) is 23.2 Å². The largest absolute Gasteiger partial charge is 0.381 e. The predicted molar refractivity (Wildman–Crippen MR) is 59.5 cm³/mol. The van der Waals surface area contributed by atoms with Crippen LogP contribution < -0.4 is 11.3 Å². The van der Waals surface area contributed by atoms with Gasteiger partial charge in [-0.05, 0) is 20.8 Å². The standard InChI is InChI=1S/C10H18N4O/c1-6(15-4)5-9-12-8(3)7(2)10(13-9)14-11/h6H,5,11H2,1-4H3,(H,12,13,14). The second-order valence-corrected chi connectivity index (χ2v) is 3.59. The van der Waals surface area contributed by atoms with Crippen molar-refractivity contribution in [2.24, 2.45) is 5.84 Å². The zero-order chi connectivity index (χ0) is 11.4. The highest BCUT2D eigenvalue weighted by Gasteiger charge is 2.09. The summed E-state index contributed by atoms with van der Waals surface area (Å²) in [5, 5.41) is 0. The number of hydrazine groups is 1. The first-order chi connectivity index (χ1) is 7.08. The molecule has 0 aliphatic heterocycles. The van der Waals surface area contributed by atoms with Crippen molar-refractivity contribution in [2.75, 3.05) is 12.5 Å². The van der Waals surface area contributed by atoms with Crippen LogP contribution in [-0.2, 0) is 11.2 Å². The summed E-state index contributed by atoms with van der Waals surface area (Å²) in [5.74, 6) is 6.81. The van der Waals surface area contributed by atoms with E-state index in [1.165, 1.54) is 0 Å². The quantitative estimate of drug-likeness (QED) is 0.572. The van der Waals surface area contributed by atoms with E-state index in [-0.39, 0.29) is 6.10 Å². The number of nitrogens with zero attached hydrogens (tertiary/aromatic N) is 2. The summed E-state index contributed by atoms with van der Waals surface area (Å²) in [6.07, 6.45) is 0.796. The summed E-state index contributed by atoms with van der Waals surface area (Å²) >= 11 is 0. The number of nitrogens with one attached hydrogen (secondary N) is 1. The smallest absolute Gasteiger partial charge is 0.146 e.